The fourth-order valence-corrected chi connectivity index (χ4v) is 3.37. The number of nitrogens with one attached hydrogen (secondary N) is 1. The zero-order chi connectivity index (χ0) is 14.0. The highest BCUT2D eigenvalue weighted by Crippen LogP contribution is 2.21. The van der Waals surface area contributed by atoms with Gasteiger partial charge in [-0.2, -0.15) is 0 Å². The predicted molar refractivity (Wildman–Crippen MR) is 68.9 cm³/mol. The van der Waals surface area contributed by atoms with Crippen LogP contribution in [-0.4, -0.2) is 29.7 Å². The van der Waals surface area contributed by atoms with Crippen molar-refractivity contribution in [1.82, 2.24) is 10.2 Å². The monoisotopic (exact) mass is 299 g/mol. The van der Waals surface area contributed by atoms with Gasteiger partial charge in [-0.3, -0.25) is 4.72 Å². The number of sulfonamides is 1. The second kappa shape index (κ2) is 4.94. The first kappa shape index (κ1) is 13.4. The van der Waals surface area contributed by atoms with Crippen LogP contribution >= 0.6 is 11.3 Å². The molecule has 0 unspecified atom stereocenters. The molecule has 0 atom stereocenters. The Bertz CT molecular complexity index is 710. The zero-order valence-electron chi connectivity index (χ0n) is 9.69. The summed E-state index contributed by atoms with van der Waals surface area (Å²) in [4.78, 5) is 10.8. The molecule has 1 aromatic carbocycles. The van der Waals surface area contributed by atoms with Crippen molar-refractivity contribution in [2.75, 3.05) is 4.72 Å². The first-order valence-corrected chi connectivity index (χ1v) is 7.39. The maximum Gasteiger partial charge on any atom is 0.335 e. The third-order valence-electron chi connectivity index (χ3n) is 2.31. The summed E-state index contributed by atoms with van der Waals surface area (Å²) in [5.41, 5.74) is 1.74. The van der Waals surface area contributed by atoms with E-state index < -0.39 is 16.0 Å². The summed E-state index contributed by atoms with van der Waals surface area (Å²) in [7, 11) is -3.88. The second-order valence-electron chi connectivity index (χ2n) is 3.63. The van der Waals surface area contributed by atoms with Crippen LogP contribution in [0.1, 0.15) is 15.9 Å². The summed E-state index contributed by atoms with van der Waals surface area (Å²) in [6, 6.07) is 3.90. The van der Waals surface area contributed by atoms with Crippen LogP contribution in [0.3, 0.4) is 0 Å². The molecule has 2 rings (SSSR count). The molecule has 7 nitrogen and oxygen atoms in total. The van der Waals surface area contributed by atoms with Gasteiger partial charge in [-0.05, 0) is 24.6 Å². The minimum atomic E-state index is -3.88. The van der Waals surface area contributed by atoms with Crippen LogP contribution in [0.4, 0.5) is 5.13 Å². The minimum absolute atomic E-state index is 0.0942. The number of carboxylic acid groups (broad SMARTS) is 1. The topological polar surface area (TPSA) is 109 Å². The molecule has 100 valence electrons. The van der Waals surface area contributed by atoms with Gasteiger partial charge in [-0.15, -0.1) is 10.2 Å². The lowest BCUT2D eigenvalue weighted by Gasteiger charge is -2.08. The van der Waals surface area contributed by atoms with E-state index in [1.54, 1.807) is 6.92 Å². The van der Waals surface area contributed by atoms with Crippen molar-refractivity contribution in [3.8, 4) is 0 Å². The van der Waals surface area contributed by atoms with Crippen LogP contribution in [0, 0.1) is 6.92 Å². The summed E-state index contributed by atoms with van der Waals surface area (Å²) in [6.45, 7) is 1.58. The first-order chi connectivity index (χ1) is 8.90. The number of rotatable bonds is 4. The van der Waals surface area contributed by atoms with Crippen molar-refractivity contribution in [3.05, 3.63) is 34.8 Å². The number of aromatic nitrogens is 2. The summed E-state index contributed by atoms with van der Waals surface area (Å²) in [5, 5.41) is 16.1. The van der Waals surface area contributed by atoms with Gasteiger partial charge in [0.25, 0.3) is 10.0 Å². The van der Waals surface area contributed by atoms with Gasteiger partial charge < -0.3 is 5.11 Å². The fourth-order valence-electron chi connectivity index (χ4n) is 1.41. The van der Waals surface area contributed by atoms with E-state index in [0.717, 1.165) is 17.4 Å². The van der Waals surface area contributed by atoms with Crippen molar-refractivity contribution in [2.24, 2.45) is 0 Å². The van der Waals surface area contributed by atoms with Gasteiger partial charge in [0.05, 0.1) is 10.5 Å². The SMILES string of the molecule is Cc1ccc(C(=O)O)cc1S(=O)(=O)Nc1nncs1. The molecule has 2 N–H and O–H groups in total. The van der Waals surface area contributed by atoms with Gasteiger partial charge in [0.15, 0.2) is 0 Å². The maximum absolute atomic E-state index is 12.1. The van der Waals surface area contributed by atoms with Gasteiger partial charge >= 0.3 is 5.97 Å². The molecular formula is C10H9N3O4S2. The molecule has 0 bridgehead atoms. The highest BCUT2D eigenvalue weighted by molar-refractivity contribution is 7.93. The Labute approximate surface area is 113 Å². The van der Waals surface area contributed by atoms with E-state index in [1.165, 1.54) is 17.6 Å². The molecule has 19 heavy (non-hydrogen) atoms. The summed E-state index contributed by atoms with van der Waals surface area (Å²) < 4.78 is 26.5. The smallest absolute Gasteiger partial charge is 0.335 e. The molecule has 0 spiro atoms. The molecule has 1 aromatic heterocycles. The van der Waals surface area contributed by atoms with Gasteiger partial charge in [-0.1, -0.05) is 17.4 Å². The van der Waals surface area contributed by atoms with Crippen LogP contribution < -0.4 is 4.72 Å². The molecule has 9 heteroatoms. The lowest BCUT2D eigenvalue weighted by molar-refractivity contribution is 0.0696. The predicted octanol–water partition coefficient (Wildman–Crippen LogP) is 1.35. The van der Waals surface area contributed by atoms with Crippen molar-refractivity contribution in [1.29, 1.82) is 0 Å². The van der Waals surface area contributed by atoms with Crippen molar-refractivity contribution < 1.29 is 18.3 Å². The zero-order valence-corrected chi connectivity index (χ0v) is 11.3. The van der Waals surface area contributed by atoms with E-state index in [2.05, 4.69) is 14.9 Å². The largest absolute Gasteiger partial charge is 0.478 e. The Kier molecular flexibility index (Phi) is 3.49. The molecule has 0 amide bonds. The molecule has 0 saturated carbocycles. The minimum Gasteiger partial charge on any atom is -0.478 e. The number of carbonyl (C=O) groups is 1. The van der Waals surface area contributed by atoms with Gasteiger partial charge in [0.1, 0.15) is 5.51 Å². The Morgan fingerprint density at radius 3 is 2.74 bits per heavy atom. The quantitative estimate of drug-likeness (QED) is 0.881. The number of hydrogen-bond donors (Lipinski definition) is 2. The van der Waals surface area contributed by atoms with Crippen LogP contribution in [-0.2, 0) is 10.0 Å². The Morgan fingerprint density at radius 2 is 2.16 bits per heavy atom. The average molecular weight is 299 g/mol. The number of carboxylic acids is 1. The van der Waals surface area contributed by atoms with Crippen molar-refractivity contribution >= 4 is 32.5 Å². The standard InChI is InChI=1S/C10H9N3O4S2/c1-6-2-3-7(9(14)15)4-8(6)19(16,17)13-10-12-11-5-18-10/h2-5H,1H3,(H,12,13)(H,14,15). The van der Waals surface area contributed by atoms with Crippen LogP contribution in [0.25, 0.3) is 0 Å². The van der Waals surface area contributed by atoms with Crippen LogP contribution in [0.15, 0.2) is 28.6 Å². The number of anilines is 1. The highest BCUT2D eigenvalue weighted by atomic mass is 32.2. The van der Waals surface area contributed by atoms with E-state index in [1.807, 2.05) is 0 Å². The van der Waals surface area contributed by atoms with Gasteiger partial charge in [0.2, 0.25) is 5.13 Å². The molecule has 0 aliphatic carbocycles. The first-order valence-electron chi connectivity index (χ1n) is 5.03. The average Bonchev–Trinajstić information content (AvgIpc) is 2.81. The highest BCUT2D eigenvalue weighted by Gasteiger charge is 2.20. The Hall–Kier alpha value is -2.00. The van der Waals surface area contributed by atoms with E-state index >= 15 is 0 Å². The number of nitrogens with zero attached hydrogens (tertiary/aromatic N) is 2. The van der Waals surface area contributed by atoms with Gasteiger partial charge in [-0.25, -0.2) is 13.2 Å². The van der Waals surface area contributed by atoms with E-state index in [4.69, 9.17) is 5.11 Å². The number of benzene rings is 1. The molecule has 2 aromatic rings. The summed E-state index contributed by atoms with van der Waals surface area (Å²) >= 11 is 1.03. The third kappa shape index (κ3) is 2.88. The van der Waals surface area contributed by atoms with Crippen LogP contribution in [0.2, 0.25) is 0 Å². The lowest BCUT2D eigenvalue weighted by atomic mass is 10.1. The number of hydrogen-bond acceptors (Lipinski definition) is 6. The lowest BCUT2D eigenvalue weighted by Crippen LogP contribution is -2.15. The van der Waals surface area contributed by atoms with Crippen molar-refractivity contribution in [2.45, 2.75) is 11.8 Å². The molecule has 0 fully saturated rings. The van der Waals surface area contributed by atoms with Crippen molar-refractivity contribution in [3.63, 3.8) is 0 Å². The molecular weight excluding hydrogens is 290 g/mol. The second-order valence-corrected chi connectivity index (χ2v) is 6.12. The maximum atomic E-state index is 12.1. The number of aromatic carboxylic acids is 1. The van der Waals surface area contributed by atoms with Gasteiger partial charge in [0, 0.05) is 0 Å². The molecule has 0 radical (unpaired) electrons. The molecule has 0 saturated heterocycles. The van der Waals surface area contributed by atoms with Crippen LogP contribution in [0.5, 0.6) is 0 Å². The molecule has 0 aliphatic rings. The number of aryl methyl sites for hydroxylation is 1. The van der Waals surface area contributed by atoms with E-state index in [9.17, 15) is 13.2 Å². The molecule has 1 heterocycles. The van der Waals surface area contributed by atoms with E-state index in [-0.39, 0.29) is 15.6 Å². The summed E-state index contributed by atoms with van der Waals surface area (Å²) in [5.74, 6) is -1.19. The Balaban J connectivity index is 2.45. The molecule has 0 aliphatic heterocycles. The Morgan fingerprint density at radius 1 is 1.42 bits per heavy atom. The summed E-state index contributed by atoms with van der Waals surface area (Å²) in [6.07, 6.45) is 0. The third-order valence-corrected chi connectivity index (χ3v) is 4.52. The fraction of sp³-hybridized carbons (Fsp3) is 0.100. The van der Waals surface area contributed by atoms with E-state index in [0.29, 0.717) is 5.56 Å². The normalized spacial score (nSPS) is 11.2.